The van der Waals surface area contributed by atoms with Gasteiger partial charge in [-0.2, -0.15) is 4.98 Å². The van der Waals surface area contributed by atoms with Gasteiger partial charge in [-0.3, -0.25) is 0 Å². The summed E-state index contributed by atoms with van der Waals surface area (Å²) in [7, 11) is 0. The molecule has 0 spiro atoms. The minimum atomic E-state index is -0.0982. The maximum absolute atomic E-state index is 6.02. The summed E-state index contributed by atoms with van der Waals surface area (Å²) in [6.45, 7) is 2.96. The third-order valence-corrected chi connectivity index (χ3v) is 5.79. The van der Waals surface area contributed by atoms with E-state index >= 15 is 0 Å². The molecule has 27 heavy (non-hydrogen) atoms. The van der Waals surface area contributed by atoms with Crippen molar-refractivity contribution < 1.29 is 9.26 Å². The summed E-state index contributed by atoms with van der Waals surface area (Å²) in [6.07, 6.45) is -0.0982. The van der Waals surface area contributed by atoms with E-state index in [4.69, 9.17) is 20.9 Å². The molecule has 0 radical (unpaired) electrons. The number of benzene rings is 1. The molecule has 0 saturated carbocycles. The molecule has 1 aromatic carbocycles. The molecule has 1 aliphatic heterocycles. The lowest BCUT2D eigenvalue weighted by Crippen LogP contribution is -2.22. The van der Waals surface area contributed by atoms with Gasteiger partial charge in [0.1, 0.15) is 6.10 Å². The molecule has 1 aliphatic rings. The van der Waals surface area contributed by atoms with Crippen LogP contribution < -0.4 is 0 Å². The summed E-state index contributed by atoms with van der Waals surface area (Å²) in [5.41, 5.74) is 3.59. The summed E-state index contributed by atoms with van der Waals surface area (Å²) < 4.78 is 13.3. The third-order valence-electron chi connectivity index (χ3n) is 4.53. The lowest BCUT2D eigenvalue weighted by molar-refractivity contribution is -0.00111. The molecule has 7 nitrogen and oxygen atoms in total. The average Bonchev–Trinajstić information content (AvgIpc) is 3.40. The molecule has 1 atom stereocenters. The van der Waals surface area contributed by atoms with Crippen molar-refractivity contribution in [3.8, 4) is 22.3 Å². The first-order chi connectivity index (χ1) is 13.2. The first-order valence-corrected chi connectivity index (χ1v) is 9.63. The van der Waals surface area contributed by atoms with Crippen LogP contribution in [0.25, 0.3) is 22.3 Å². The Morgan fingerprint density at radius 1 is 1.22 bits per heavy atom. The molecule has 9 heteroatoms. The molecule has 0 aliphatic carbocycles. The summed E-state index contributed by atoms with van der Waals surface area (Å²) in [5.74, 6) is 0.919. The van der Waals surface area contributed by atoms with Crippen LogP contribution in [0.4, 0.5) is 0 Å². The van der Waals surface area contributed by atoms with Gasteiger partial charge in [-0.1, -0.05) is 34.1 Å². The van der Waals surface area contributed by atoms with Gasteiger partial charge in [0.15, 0.2) is 5.69 Å². The van der Waals surface area contributed by atoms with E-state index in [2.05, 4.69) is 20.5 Å². The van der Waals surface area contributed by atoms with Crippen LogP contribution in [0.15, 0.2) is 40.2 Å². The number of nitrogens with zero attached hydrogens (tertiary/aromatic N) is 5. The highest BCUT2D eigenvalue weighted by molar-refractivity contribution is 7.13. The lowest BCUT2D eigenvalue weighted by atomic mass is 10.1. The number of halogens is 1. The van der Waals surface area contributed by atoms with Crippen LogP contribution in [0.1, 0.15) is 22.9 Å². The first kappa shape index (κ1) is 16.6. The molecule has 136 valence electrons. The molecule has 5 rings (SSSR count). The van der Waals surface area contributed by atoms with Crippen LogP contribution in [-0.2, 0) is 17.9 Å². The van der Waals surface area contributed by atoms with Crippen LogP contribution in [0.2, 0.25) is 5.02 Å². The number of ether oxygens (including phenoxy) is 1. The van der Waals surface area contributed by atoms with E-state index in [1.165, 1.54) is 0 Å². The Balaban J connectivity index is 1.42. The molecule has 0 fully saturated rings. The minimum absolute atomic E-state index is 0.0982. The van der Waals surface area contributed by atoms with E-state index in [1.807, 2.05) is 47.3 Å². The molecule has 0 amide bonds. The van der Waals surface area contributed by atoms with E-state index in [1.54, 1.807) is 11.3 Å². The third kappa shape index (κ3) is 2.95. The van der Waals surface area contributed by atoms with Gasteiger partial charge in [0.2, 0.25) is 5.82 Å². The number of hydrogen-bond donors (Lipinski definition) is 0. The zero-order valence-corrected chi connectivity index (χ0v) is 15.9. The molecule has 3 aromatic heterocycles. The van der Waals surface area contributed by atoms with Gasteiger partial charge >= 0.3 is 0 Å². The Kier molecular flexibility index (Phi) is 4.04. The Bertz CT molecular complexity index is 1100. The normalized spacial score (nSPS) is 16.4. The van der Waals surface area contributed by atoms with Gasteiger partial charge in [0.05, 0.1) is 23.7 Å². The highest BCUT2D eigenvalue weighted by Gasteiger charge is 2.27. The molecule has 4 aromatic rings. The SMILES string of the molecule is Cc1ccsc1-c1nc(-c2nnn3c2CO[C@@H](c2ccc(Cl)cc2)C3)no1. The quantitative estimate of drug-likeness (QED) is 0.511. The van der Waals surface area contributed by atoms with Crippen molar-refractivity contribution in [2.75, 3.05) is 0 Å². The monoisotopic (exact) mass is 399 g/mol. The Hall–Kier alpha value is -2.55. The van der Waals surface area contributed by atoms with Crippen molar-refractivity contribution in [3.63, 3.8) is 0 Å². The van der Waals surface area contributed by atoms with Gasteiger partial charge in [-0.05, 0) is 41.6 Å². The Labute approximate surface area is 163 Å². The second kappa shape index (κ2) is 6.56. The smallest absolute Gasteiger partial charge is 0.268 e. The Morgan fingerprint density at radius 2 is 2.07 bits per heavy atom. The van der Waals surface area contributed by atoms with Gasteiger partial charge in [-0.25, -0.2) is 4.68 Å². The van der Waals surface area contributed by atoms with Crippen LogP contribution >= 0.6 is 22.9 Å². The molecule has 0 bridgehead atoms. The van der Waals surface area contributed by atoms with Crippen molar-refractivity contribution in [1.82, 2.24) is 25.1 Å². The van der Waals surface area contributed by atoms with Crippen molar-refractivity contribution in [2.45, 2.75) is 26.2 Å². The van der Waals surface area contributed by atoms with Crippen molar-refractivity contribution in [1.29, 1.82) is 0 Å². The fourth-order valence-electron chi connectivity index (χ4n) is 3.07. The second-order valence-corrected chi connectivity index (χ2v) is 7.63. The fraction of sp³-hybridized carbons (Fsp3) is 0.222. The van der Waals surface area contributed by atoms with Crippen molar-refractivity contribution in [3.05, 3.63) is 57.6 Å². The van der Waals surface area contributed by atoms with E-state index in [9.17, 15) is 0 Å². The summed E-state index contributed by atoms with van der Waals surface area (Å²) in [6, 6.07) is 9.66. The summed E-state index contributed by atoms with van der Waals surface area (Å²) >= 11 is 7.53. The summed E-state index contributed by atoms with van der Waals surface area (Å²) in [4.78, 5) is 5.46. The highest BCUT2D eigenvalue weighted by Crippen LogP contribution is 2.32. The number of rotatable bonds is 3. The number of hydrogen-bond acceptors (Lipinski definition) is 7. The maximum atomic E-state index is 6.02. The second-order valence-electron chi connectivity index (χ2n) is 6.27. The first-order valence-electron chi connectivity index (χ1n) is 8.37. The lowest BCUT2D eigenvalue weighted by Gasteiger charge is -2.24. The van der Waals surface area contributed by atoms with Crippen LogP contribution in [0.3, 0.4) is 0 Å². The molecule has 4 heterocycles. The van der Waals surface area contributed by atoms with Crippen LogP contribution in [0, 0.1) is 6.92 Å². The zero-order chi connectivity index (χ0) is 18.4. The molecule has 0 saturated heterocycles. The maximum Gasteiger partial charge on any atom is 0.268 e. The number of aromatic nitrogens is 5. The van der Waals surface area contributed by atoms with E-state index in [0.29, 0.717) is 35.6 Å². The molecular formula is C18H14ClN5O2S. The molecule has 0 N–H and O–H groups in total. The van der Waals surface area contributed by atoms with Crippen LogP contribution in [0.5, 0.6) is 0 Å². The van der Waals surface area contributed by atoms with Gasteiger partial charge in [0.25, 0.3) is 5.89 Å². The number of aryl methyl sites for hydroxylation is 1. The highest BCUT2D eigenvalue weighted by atomic mass is 35.5. The van der Waals surface area contributed by atoms with E-state index in [0.717, 1.165) is 21.7 Å². The van der Waals surface area contributed by atoms with Crippen LogP contribution in [-0.4, -0.2) is 25.1 Å². The summed E-state index contributed by atoms with van der Waals surface area (Å²) in [5, 5.41) is 15.3. The van der Waals surface area contributed by atoms with Gasteiger partial charge in [0, 0.05) is 5.02 Å². The van der Waals surface area contributed by atoms with E-state index in [-0.39, 0.29) is 6.10 Å². The van der Waals surface area contributed by atoms with E-state index < -0.39 is 0 Å². The Morgan fingerprint density at radius 3 is 2.85 bits per heavy atom. The van der Waals surface area contributed by atoms with Gasteiger partial charge < -0.3 is 9.26 Å². The predicted octanol–water partition coefficient (Wildman–Crippen LogP) is 4.29. The van der Waals surface area contributed by atoms with Crippen molar-refractivity contribution >= 4 is 22.9 Å². The van der Waals surface area contributed by atoms with Crippen molar-refractivity contribution in [2.24, 2.45) is 0 Å². The van der Waals surface area contributed by atoms with Gasteiger partial charge in [-0.15, -0.1) is 16.4 Å². The topological polar surface area (TPSA) is 78.9 Å². The molecular weight excluding hydrogens is 386 g/mol. The average molecular weight is 400 g/mol. The number of thiophene rings is 1. The standard InChI is InChI=1S/C18H14ClN5O2S/c1-10-6-7-27-16(10)18-20-17(22-26-18)15-13-9-25-14(8-24(13)23-21-15)11-2-4-12(19)5-3-11/h2-7,14H,8-9H2,1H3/t14-/m1/s1. The number of fused-ring (bicyclic) bond motifs is 1. The largest absolute Gasteiger partial charge is 0.365 e. The fourth-order valence-corrected chi connectivity index (χ4v) is 4.04. The predicted molar refractivity (Wildman–Crippen MR) is 100 cm³/mol. The zero-order valence-electron chi connectivity index (χ0n) is 14.3. The minimum Gasteiger partial charge on any atom is -0.365 e. The molecule has 0 unspecified atom stereocenters.